The lowest BCUT2D eigenvalue weighted by Crippen LogP contribution is -2.63. The van der Waals surface area contributed by atoms with Crippen LogP contribution < -0.4 is 25.5 Å². The van der Waals surface area contributed by atoms with Gasteiger partial charge in [-0.15, -0.1) is 0 Å². The first-order chi connectivity index (χ1) is 26.4. The van der Waals surface area contributed by atoms with Crippen molar-refractivity contribution >= 4 is 67.3 Å². The molecule has 6 aromatic carbocycles. The average molecular weight is 759 g/mol. The molecule has 1 unspecified atom stereocenters. The number of nitrogens with zero attached hydrogens (tertiary/aromatic N) is 2. The second-order valence-electron chi connectivity index (χ2n) is 17.2. The van der Waals surface area contributed by atoms with Gasteiger partial charge in [0.05, 0.1) is 12.5 Å². The summed E-state index contributed by atoms with van der Waals surface area (Å²) < 4.78 is 8.30. The van der Waals surface area contributed by atoms with Crippen molar-refractivity contribution in [2.45, 2.75) is 72.8 Å². The number of carbonyl (C=O) groups is 1. The van der Waals surface area contributed by atoms with Gasteiger partial charge in [-0.3, -0.25) is 4.79 Å². The quantitative estimate of drug-likeness (QED) is 0.0836. The molecular formula is C48H52BN2O2PSi. The van der Waals surface area contributed by atoms with Crippen molar-refractivity contribution in [2.75, 3.05) is 16.5 Å². The van der Waals surface area contributed by atoms with E-state index in [1.807, 2.05) is 0 Å². The maximum atomic E-state index is 13.5. The Balaban J connectivity index is 1.51. The lowest BCUT2D eigenvalue weighted by atomic mass is 9.58. The first kappa shape index (κ1) is 37.3. The first-order valence-corrected chi connectivity index (χ1v) is 24.6. The summed E-state index contributed by atoms with van der Waals surface area (Å²) in [6, 6.07) is 46.1. The molecule has 7 heteroatoms. The minimum Gasteiger partial charge on any atom is -0.469 e. The Bertz CT molecular complexity index is 2360. The van der Waals surface area contributed by atoms with Crippen molar-refractivity contribution in [3.63, 3.8) is 0 Å². The van der Waals surface area contributed by atoms with E-state index < -0.39 is 21.6 Å². The van der Waals surface area contributed by atoms with Crippen LogP contribution in [0.5, 0.6) is 0 Å². The van der Waals surface area contributed by atoms with Gasteiger partial charge in [-0.1, -0.05) is 129 Å². The van der Waals surface area contributed by atoms with Crippen LogP contribution in [0, 0.1) is 26.2 Å². The smallest absolute Gasteiger partial charge is 0.416 e. The van der Waals surface area contributed by atoms with Crippen LogP contribution in [0.25, 0.3) is 10.8 Å². The Morgan fingerprint density at radius 2 is 1.35 bits per heavy atom. The third kappa shape index (κ3) is 6.72. The maximum absolute atomic E-state index is 13.5. The summed E-state index contributed by atoms with van der Waals surface area (Å²) in [5.74, 6) is -0.117. The van der Waals surface area contributed by atoms with E-state index in [0.717, 1.165) is 12.6 Å². The molecule has 0 spiro atoms. The van der Waals surface area contributed by atoms with Gasteiger partial charge >= 0.3 is 13.0 Å². The zero-order valence-electron chi connectivity index (χ0n) is 33.6. The fourth-order valence-corrected chi connectivity index (χ4v) is 13.4. The van der Waals surface area contributed by atoms with Crippen molar-refractivity contribution in [1.82, 2.24) is 0 Å². The minimum absolute atomic E-state index is 0.117. The molecule has 0 saturated heterocycles. The molecule has 55 heavy (non-hydrogen) atoms. The number of carbonyl (C=O) groups excluding carboxylic acids is 1. The van der Waals surface area contributed by atoms with Crippen molar-refractivity contribution in [2.24, 2.45) is 5.41 Å². The van der Waals surface area contributed by atoms with E-state index in [1.165, 1.54) is 84.3 Å². The number of esters is 1. The highest BCUT2D eigenvalue weighted by atomic mass is 31.1. The zero-order valence-corrected chi connectivity index (χ0v) is 35.5. The molecule has 278 valence electrons. The van der Waals surface area contributed by atoms with Gasteiger partial charge in [-0.25, -0.2) is 0 Å². The average Bonchev–Trinajstić information content (AvgIpc) is 3.55. The Kier molecular flexibility index (Phi) is 9.80. The van der Waals surface area contributed by atoms with Crippen LogP contribution in [0.3, 0.4) is 0 Å². The third-order valence-corrected chi connectivity index (χ3v) is 15.7. The summed E-state index contributed by atoms with van der Waals surface area (Å²) >= 11 is 0. The van der Waals surface area contributed by atoms with Crippen LogP contribution in [0.2, 0.25) is 19.6 Å². The van der Waals surface area contributed by atoms with Crippen LogP contribution in [0.15, 0.2) is 121 Å². The highest BCUT2D eigenvalue weighted by Crippen LogP contribution is 2.53. The number of ether oxygens (including phenoxy) is 1. The molecule has 1 aliphatic heterocycles. The standard InChI is InChI=1S/C48H52BN2O2PSi/c1-33-27-37-21-18-26-43-45(37)44(28-33)50(31-36-19-12-9-13-20-36)49(51(43)54(38-22-14-10-15-23-38)39-24-16-11-17-25-39)46-35(3)41-30-48(4,47(52)53-5)29-40(41)34(2)42(46)32-55(6,7)8/h9-28H,29-32H2,1-8H3. The highest BCUT2D eigenvalue weighted by Gasteiger charge is 2.49. The molecule has 1 atom stereocenters. The van der Waals surface area contributed by atoms with Crippen molar-refractivity contribution in [3.05, 3.63) is 160 Å². The molecule has 0 radical (unpaired) electrons. The maximum Gasteiger partial charge on any atom is 0.416 e. The van der Waals surface area contributed by atoms with E-state index in [1.54, 1.807) is 0 Å². The normalized spacial score (nSPS) is 16.6. The molecule has 0 aromatic heterocycles. The fraction of sp³-hybridized carbons (Fsp3) is 0.271. The number of aryl methyl sites for hydroxylation is 1. The van der Waals surface area contributed by atoms with Crippen LogP contribution in [0.1, 0.15) is 45.9 Å². The van der Waals surface area contributed by atoms with Crippen LogP contribution in [-0.2, 0) is 35.0 Å². The first-order valence-electron chi connectivity index (χ1n) is 19.6. The topological polar surface area (TPSA) is 32.8 Å². The van der Waals surface area contributed by atoms with Crippen LogP contribution in [-0.4, -0.2) is 28.1 Å². The third-order valence-electron chi connectivity index (χ3n) is 11.8. The summed E-state index contributed by atoms with van der Waals surface area (Å²) in [6.07, 6.45) is 1.40. The number of fused-ring (bicyclic) bond motifs is 1. The fourth-order valence-electron chi connectivity index (χ4n) is 9.37. The van der Waals surface area contributed by atoms with E-state index in [-0.39, 0.29) is 13.0 Å². The molecule has 4 nitrogen and oxygen atoms in total. The van der Waals surface area contributed by atoms with E-state index >= 15 is 0 Å². The summed E-state index contributed by atoms with van der Waals surface area (Å²) in [4.78, 5) is 16.2. The van der Waals surface area contributed by atoms with Crippen molar-refractivity contribution in [3.8, 4) is 0 Å². The Hall–Kier alpha value is -4.64. The highest BCUT2D eigenvalue weighted by molar-refractivity contribution is 7.76. The van der Waals surface area contributed by atoms with Crippen LogP contribution in [0.4, 0.5) is 11.4 Å². The number of hydrogen-bond donors (Lipinski definition) is 0. The number of hydrogen-bond acceptors (Lipinski definition) is 4. The Labute approximate surface area is 330 Å². The molecule has 1 heterocycles. The lowest BCUT2D eigenvalue weighted by molar-refractivity contribution is -0.151. The molecule has 8 rings (SSSR count). The largest absolute Gasteiger partial charge is 0.469 e. The van der Waals surface area contributed by atoms with E-state index in [4.69, 9.17) is 4.74 Å². The Morgan fingerprint density at radius 3 is 1.93 bits per heavy atom. The molecule has 0 bridgehead atoms. The minimum atomic E-state index is -1.67. The van der Waals surface area contributed by atoms with Gasteiger partial charge in [0.1, 0.15) is 0 Å². The Morgan fingerprint density at radius 1 is 0.764 bits per heavy atom. The SMILES string of the molecule is COC(=O)C1(C)Cc2c(C)c(C[Si](C)(C)C)c(B3N(Cc4ccccc4)c4cc(C)cc5cccc(c45)N3P(c3ccccc3)c3ccccc3)c(C)c2C1. The second kappa shape index (κ2) is 14.5. The van der Waals surface area contributed by atoms with Gasteiger partial charge in [0.25, 0.3) is 0 Å². The van der Waals surface area contributed by atoms with Gasteiger partial charge in [0, 0.05) is 39.5 Å². The van der Waals surface area contributed by atoms with E-state index in [0.29, 0.717) is 12.8 Å². The van der Waals surface area contributed by atoms with Gasteiger partial charge in [0.2, 0.25) is 0 Å². The van der Waals surface area contributed by atoms with Gasteiger partial charge in [-0.05, 0) is 119 Å². The molecular weight excluding hydrogens is 706 g/mol. The summed E-state index contributed by atoms with van der Waals surface area (Å²) in [5.41, 5.74) is 12.8. The van der Waals surface area contributed by atoms with Gasteiger partial charge in [0.15, 0.2) is 0 Å². The van der Waals surface area contributed by atoms with E-state index in [2.05, 4.69) is 178 Å². The molecule has 1 aliphatic carbocycles. The van der Waals surface area contributed by atoms with Crippen molar-refractivity contribution in [1.29, 1.82) is 0 Å². The molecule has 0 fully saturated rings. The zero-order chi connectivity index (χ0) is 38.6. The predicted molar refractivity (Wildman–Crippen MR) is 239 cm³/mol. The summed E-state index contributed by atoms with van der Waals surface area (Å²) in [7, 11) is -1.20. The number of methoxy groups -OCH3 is 1. The van der Waals surface area contributed by atoms with Gasteiger partial charge < -0.3 is 14.1 Å². The molecule has 0 saturated carbocycles. The molecule has 6 aromatic rings. The number of benzene rings is 6. The van der Waals surface area contributed by atoms with E-state index in [9.17, 15) is 4.79 Å². The molecule has 2 aliphatic rings. The lowest BCUT2D eigenvalue weighted by Gasteiger charge is -2.49. The summed E-state index contributed by atoms with van der Waals surface area (Å²) in [6.45, 7) is 17.2. The summed E-state index contributed by atoms with van der Waals surface area (Å²) in [5, 5.41) is 5.21. The number of anilines is 2. The molecule has 0 amide bonds. The molecule has 0 N–H and O–H groups in total. The predicted octanol–water partition coefficient (Wildman–Crippen LogP) is 9.73. The number of rotatable bonds is 9. The van der Waals surface area contributed by atoms with Crippen LogP contribution >= 0.6 is 8.07 Å². The van der Waals surface area contributed by atoms with Crippen molar-refractivity contribution < 1.29 is 9.53 Å². The van der Waals surface area contributed by atoms with Gasteiger partial charge in [-0.2, -0.15) is 0 Å². The second-order valence-corrected chi connectivity index (χ2v) is 24.8. The monoisotopic (exact) mass is 758 g/mol.